The van der Waals surface area contributed by atoms with Crippen LogP contribution in [-0.4, -0.2) is 17.7 Å². The van der Waals surface area contributed by atoms with Crippen molar-refractivity contribution >= 4 is 17.7 Å². The minimum absolute atomic E-state index is 0. The summed E-state index contributed by atoms with van der Waals surface area (Å²) in [5.74, 6) is -5.20. The second kappa shape index (κ2) is 7.91. The molecule has 11 heavy (non-hydrogen) atoms. The number of hydrogen-bond acceptors (Lipinski definition) is 5. The van der Waals surface area contributed by atoms with E-state index >= 15 is 0 Å². The molecule has 0 aliphatic heterocycles. The largest absolute Gasteiger partial charge is 1.00 e. The van der Waals surface area contributed by atoms with Crippen LogP contribution in [0.5, 0.6) is 0 Å². The van der Waals surface area contributed by atoms with E-state index in [1.807, 2.05) is 0 Å². The second-order valence-corrected chi connectivity index (χ2v) is 1.26. The summed E-state index contributed by atoms with van der Waals surface area (Å²) in [5, 5.41) is 19.0. The van der Waals surface area contributed by atoms with Crippen LogP contribution >= 0.6 is 0 Å². The first-order valence-electron chi connectivity index (χ1n) is 1.98. The normalized spacial score (nSPS) is 6.91. The van der Waals surface area contributed by atoms with Crippen LogP contribution in [0.25, 0.3) is 0 Å². The van der Waals surface area contributed by atoms with Gasteiger partial charge in [-0.25, -0.2) is 0 Å². The molecule has 5 nitrogen and oxygen atoms in total. The van der Waals surface area contributed by atoms with Crippen molar-refractivity contribution in [2.75, 3.05) is 0 Å². The molecule has 0 saturated heterocycles. The molecule has 7 heteroatoms. The van der Waals surface area contributed by atoms with Gasteiger partial charge in [0.05, 0.1) is 6.42 Å². The van der Waals surface area contributed by atoms with E-state index in [4.69, 9.17) is 0 Å². The Morgan fingerprint density at radius 3 is 1.45 bits per heavy atom. The van der Waals surface area contributed by atoms with E-state index in [0.29, 0.717) is 0 Å². The van der Waals surface area contributed by atoms with Crippen LogP contribution in [0.1, 0.15) is 6.42 Å². The quantitative estimate of drug-likeness (QED) is 0.222. The first-order chi connectivity index (χ1) is 4.04. The van der Waals surface area contributed by atoms with E-state index in [1.165, 1.54) is 0 Å². The molecule has 0 bridgehead atoms. The Labute approximate surface area is 86.5 Å². The van der Waals surface area contributed by atoms with E-state index in [9.17, 15) is 24.6 Å². The zero-order chi connectivity index (χ0) is 7.44. The van der Waals surface area contributed by atoms with E-state index in [0.717, 1.165) is 0 Å². The molecule has 0 saturated carbocycles. The minimum atomic E-state index is -2.00. The molecule has 0 unspecified atom stereocenters. The minimum Gasteiger partial charge on any atom is -0.550 e. The third-order valence-electron chi connectivity index (χ3n) is 0.533. The van der Waals surface area contributed by atoms with Crippen molar-refractivity contribution < 1.29 is 62.3 Å². The Morgan fingerprint density at radius 2 is 1.36 bits per heavy atom. The maximum absolute atomic E-state index is 9.87. The molecule has 0 aliphatic rings. The van der Waals surface area contributed by atoms with E-state index in [-0.39, 0.29) is 37.7 Å². The van der Waals surface area contributed by atoms with Gasteiger partial charge < -0.3 is 19.8 Å². The van der Waals surface area contributed by atoms with Crippen molar-refractivity contribution in [2.45, 2.75) is 6.42 Å². The van der Waals surface area contributed by atoms with Crippen molar-refractivity contribution in [2.24, 2.45) is 0 Å². The van der Waals surface area contributed by atoms with Crippen molar-refractivity contribution in [1.29, 1.82) is 0 Å². The molecule has 0 aliphatic carbocycles. The zero-order valence-electron chi connectivity index (χ0n) is 6.25. The van der Waals surface area contributed by atoms with Gasteiger partial charge in [-0.05, 0) is 0 Å². The summed E-state index contributed by atoms with van der Waals surface area (Å²) in [7, 11) is 0. The number of carbonyl (C=O) groups excluding carboxylic acids is 3. The van der Waals surface area contributed by atoms with Crippen LogP contribution in [0.15, 0.2) is 0 Å². The number of aliphatic carboxylic acids is 2. The van der Waals surface area contributed by atoms with Crippen molar-refractivity contribution in [3.63, 3.8) is 0 Å². The Bertz CT molecular complexity index is 166. The molecular weight excluding hydrogens is 142 g/mol. The van der Waals surface area contributed by atoms with Gasteiger partial charge in [-0.3, -0.25) is 4.79 Å². The van der Waals surface area contributed by atoms with Gasteiger partial charge in [-0.15, -0.1) is 0 Å². The van der Waals surface area contributed by atoms with Gasteiger partial charge in [0.15, 0.2) is 5.78 Å². The number of carboxylic acids is 2. The maximum Gasteiger partial charge on any atom is 1.00 e. The summed E-state index contributed by atoms with van der Waals surface area (Å²) < 4.78 is 0. The van der Waals surface area contributed by atoms with Gasteiger partial charge in [0.25, 0.3) is 0 Å². The third-order valence-corrected chi connectivity index (χ3v) is 0.533. The van der Waals surface area contributed by atoms with Crippen molar-refractivity contribution in [1.82, 2.24) is 0 Å². The van der Waals surface area contributed by atoms with Crippen LogP contribution in [0, 0.1) is 0 Å². The average molecular weight is 144 g/mol. The first kappa shape index (κ1) is 17.1. The van der Waals surface area contributed by atoms with Gasteiger partial charge in [0.1, 0.15) is 5.97 Å². The van der Waals surface area contributed by atoms with Crippen LogP contribution in [0.3, 0.4) is 0 Å². The Morgan fingerprint density at radius 1 is 1.00 bits per heavy atom. The van der Waals surface area contributed by atoms with E-state index in [1.54, 1.807) is 0 Å². The molecule has 0 spiro atoms. The van der Waals surface area contributed by atoms with Crippen LogP contribution in [-0.2, 0) is 14.4 Å². The van der Waals surface area contributed by atoms with Crippen LogP contribution < -0.4 is 47.9 Å². The van der Waals surface area contributed by atoms with Gasteiger partial charge in [-0.2, -0.15) is 0 Å². The average Bonchev–Trinajstić information content (AvgIpc) is 1.63. The molecule has 0 radical (unpaired) electrons. The summed E-state index contributed by atoms with van der Waals surface area (Å²) >= 11 is 0. The van der Waals surface area contributed by atoms with Crippen LogP contribution in [0.2, 0.25) is 0 Å². The van der Waals surface area contributed by atoms with Crippen molar-refractivity contribution in [3.8, 4) is 0 Å². The molecule has 0 aromatic carbocycles. The summed E-state index contributed by atoms with van der Waals surface area (Å²) in [5.41, 5.74) is 0. The molecule has 50 valence electrons. The Hall–Kier alpha value is -0.195. The molecule has 0 heterocycles. The number of ketones is 1. The molecule has 0 rings (SSSR count). The Balaban J connectivity index is -0.000000320. The number of carbonyl (C=O) groups is 3. The molecule has 0 fully saturated rings. The first-order valence-corrected chi connectivity index (χ1v) is 1.98. The number of carboxylic acid groups (broad SMARTS) is 2. The molecular formula is C4H2Li2O5. The molecule has 0 aromatic rings. The van der Waals surface area contributed by atoms with E-state index in [2.05, 4.69) is 0 Å². The summed E-state index contributed by atoms with van der Waals surface area (Å²) in [6.45, 7) is 0. The fourth-order valence-corrected chi connectivity index (χ4v) is 0.203. The SMILES string of the molecule is O=C([O-])CC(=O)C(=O)[O-].[Li+].[Li+]. The van der Waals surface area contributed by atoms with Gasteiger partial charge in [-0.1, -0.05) is 0 Å². The zero-order valence-corrected chi connectivity index (χ0v) is 6.25. The van der Waals surface area contributed by atoms with Gasteiger partial charge in [0, 0.05) is 5.97 Å². The number of rotatable bonds is 3. The van der Waals surface area contributed by atoms with Gasteiger partial charge >= 0.3 is 37.7 Å². The predicted molar refractivity (Wildman–Crippen MR) is 19.6 cm³/mol. The van der Waals surface area contributed by atoms with Gasteiger partial charge in [0.2, 0.25) is 0 Å². The summed E-state index contributed by atoms with van der Waals surface area (Å²) in [6.07, 6.45) is -1.12. The van der Waals surface area contributed by atoms with Crippen molar-refractivity contribution in [3.05, 3.63) is 0 Å². The fraction of sp³-hybridized carbons (Fsp3) is 0.250. The standard InChI is InChI=1S/C4H4O5.2Li/c5-2(4(8)9)1-3(6)7;;/h1H2,(H,6,7)(H,8,9);;/q;2*+1/p-2. The smallest absolute Gasteiger partial charge is 0.550 e. The molecule has 0 N–H and O–H groups in total. The maximum atomic E-state index is 9.87. The molecule has 0 atom stereocenters. The number of Topliss-reactive ketones (excluding diaryl/α,β-unsaturated/α-hetero) is 1. The second-order valence-electron chi connectivity index (χ2n) is 1.26. The van der Waals surface area contributed by atoms with Crippen LogP contribution in [0.4, 0.5) is 0 Å². The molecule has 0 aromatic heterocycles. The number of hydrogen-bond donors (Lipinski definition) is 0. The monoisotopic (exact) mass is 144 g/mol. The predicted octanol–water partition coefficient (Wildman–Crippen LogP) is -9.55. The fourth-order valence-electron chi connectivity index (χ4n) is 0.203. The van der Waals surface area contributed by atoms with E-state index < -0.39 is 24.1 Å². The topological polar surface area (TPSA) is 97.3 Å². The molecule has 0 amide bonds. The summed E-state index contributed by atoms with van der Waals surface area (Å²) in [4.78, 5) is 28.8. The summed E-state index contributed by atoms with van der Waals surface area (Å²) in [6, 6.07) is 0. The Kier molecular flexibility index (Phi) is 12.3. The third kappa shape index (κ3) is 9.80.